The lowest BCUT2D eigenvalue weighted by atomic mass is 9.92. The van der Waals surface area contributed by atoms with E-state index in [1.807, 2.05) is 48.5 Å². The van der Waals surface area contributed by atoms with Crippen LogP contribution < -0.4 is 15.2 Å². The van der Waals surface area contributed by atoms with E-state index in [1.165, 1.54) is 12.1 Å². The van der Waals surface area contributed by atoms with Crippen LogP contribution in [0.2, 0.25) is 0 Å². The van der Waals surface area contributed by atoms with Crippen LogP contribution in [0.3, 0.4) is 0 Å². The maximum atomic E-state index is 12.7. The number of hydrogen-bond acceptors (Lipinski definition) is 11. The van der Waals surface area contributed by atoms with Gasteiger partial charge in [-0.1, -0.05) is 67.4 Å². The Morgan fingerprint density at radius 2 is 1.29 bits per heavy atom. The zero-order chi connectivity index (χ0) is 32.0. The quantitative estimate of drug-likeness (QED) is 0.145. The minimum atomic E-state index is -1.08. The van der Waals surface area contributed by atoms with E-state index in [0.29, 0.717) is 5.56 Å². The summed E-state index contributed by atoms with van der Waals surface area (Å²) in [5.41, 5.74) is 6.38. The molecule has 0 radical (unpaired) electrons. The van der Waals surface area contributed by atoms with Gasteiger partial charge < -0.3 is 34.2 Å². The summed E-state index contributed by atoms with van der Waals surface area (Å²) in [6.45, 7) is 17.1. The standard InChI is InChI=1S/C31H49NO10/c1-10-19(3)17-37-29(35)41-25-13-12-23(15-26(25)42-30(36)38-18-20(4)11-2)14-24(32)28(34)40-22(6)21(5)39-27(33)16-31(7,8)9/h12-13,15,19-22,24H,10-11,14,16-18,32H2,1-9H3/t19?,20?,21?,22-,24-/m0/s1. The lowest BCUT2D eigenvalue weighted by Crippen LogP contribution is -2.39. The van der Waals surface area contributed by atoms with Gasteiger partial charge in [0, 0.05) is 0 Å². The number of ether oxygens (including phenoxy) is 6. The first kappa shape index (κ1) is 36.7. The fourth-order valence-corrected chi connectivity index (χ4v) is 3.22. The molecule has 5 atom stereocenters. The van der Waals surface area contributed by atoms with E-state index in [1.54, 1.807) is 19.9 Å². The predicted octanol–water partition coefficient (Wildman–Crippen LogP) is 5.98. The van der Waals surface area contributed by atoms with Crippen molar-refractivity contribution in [1.29, 1.82) is 0 Å². The van der Waals surface area contributed by atoms with E-state index in [4.69, 9.17) is 34.2 Å². The summed E-state index contributed by atoms with van der Waals surface area (Å²) in [6.07, 6.45) is -1.46. The van der Waals surface area contributed by atoms with Crippen LogP contribution in [-0.2, 0) is 35.0 Å². The first-order chi connectivity index (χ1) is 19.5. The summed E-state index contributed by atoms with van der Waals surface area (Å²) < 4.78 is 31.7. The fraction of sp³-hybridized carbons (Fsp3) is 0.677. The Bertz CT molecular complexity index is 1040. The van der Waals surface area contributed by atoms with Crippen molar-refractivity contribution in [2.24, 2.45) is 23.0 Å². The number of carbonyl (C=O) groups is 4. The van der Waals surface area contributed by atoms with Gasteiger partial charge in [0.25, 0.3) is 0 Å². The third kappa shape index (κ3) is 14.5. The van der Waals surface area contributed by atoms with Crippen LogP contribution in [0.5, 0.6) is 11.5 Å². The number of rotatable bonds is 15. The summed E-state index contributed by atoms with van der Waals surface area (Å²) in [4.78, 5) is 49.4. The second-order valence-corrected chi connectivity index (χ2v) is 12.0. The molecule has 2 N–H and O–H groups in total. The normalized spacial score (nSPS) is 14.9. The zero-order valence-electron chi connectivity index (χ0n) is 26.5. The monoisotopic (exact) mass is 595 g/mol. The molecule has 0 fully saturated rings. The van der Waals surface area contributed by atoms with Gasteiger partial charge in [0.2, 0.25) is 0 Å². The number of nitrogens with two attached hydrogens (primary N) is 1. The van der Waals surface area contributed by atoms with Crippen molar-refractivity contribution in [3.63, 3.8) is 0 Å². The van der Waals surface area contributed by atoms with Crippen LogP contribution in [-0.4, -0.2) is 55.7 Å². The Labute approximate surface area is 249 Å². The van der Waals surface area contributed by atoms with E-state index in [9.17, 15) is 19.2 Å². The fourth-order valence-electron chi connectivity index (χ4n) is 3.22. The molecule has 0 aliphatic rings. The first-order valence-corrected chi connectivity index (χ1v) is 14.5. The largest absolute Gasteiger partial charge is 0.513 e. The van der Waals surface area contributed by atoms with E-state index in [0.717, 1.165) is 12.8 Å². The van der Waals surface area contributed by atoms with Crippen molar-refractivity contribution in [1.82, 2.24) is 0 Å². The second-order valence-electron chi connectivity index (χ2n) is 12.0. The molecular formula is C31H49NO10. The number of hydrogen-bond donors (Lipinski definition) is 1. The number of benzene rings is 1. The molecule has 0 aromatic heterocycles. The Kier molecular flexibility index (Phi) is 15.4. The van der Waals surface area contributed by atoms with Crippen molar-refractivity contribution < 1.29 is 47.6 Å². The summed E-state index contributed by atoms with van der Waals surface area (Å²) in [5, 5.41) is 0. The maximum Gasteiger partial charge on any atom is 0.513 e. The molecule has 0 aliphatic carbocycles. The Balaban J connectivity index is 2.94. The summed E-state index contributed by atoms with van der Waals surface area (Å²) in [7, 11) is 0. The van der Waals surface area contributed by atoms with Crippen LogP contribution in [0, 0.1) is 17.3 Å². The predicted molar refractivity (Wildman–Crippen MR) is 156 cm³/mol. The molecule has 1 aromatic carbocycles. The van der Waals surface area contributed by atoms with Crippen LogP contribution in [0.15, 0.2) is 18.2 Å². The molecular weight excluding hydrogens is 546 g/mol. The average Bonchev–Trinajstić information content (AvgIpc) is 2.90. The molecule has 0 amide bonds. The topological polar surface area (TPSA) is 150 Å². The third-order valence-corrected chi connectivity index (χ3v) is 6.47. The van der Waals surface area contributed by atoms with Crippen LogP contribution in [0.25, 0.3) is 0 Å². The van der Waals surface area contributed by atoms with E-state index < -0.39 is 36.5 Å². The van der Waals surface area contributed by atoms with Crippen molar-refractivity contribution >= 4 is 24.2 Å². The Hall–Kier alpha value is -3.34. The molecule has 11 nitrogen and oxygen atoms in total. The SMILES string of the molecule is CCC(C)COC(=O)Oc1ccc(C[C@H](N)C(=O)O[C@@H](C)C(C)OC(=O)CC(C)(C)C)cc1OC(=O)OCC(C)CC. The van der Waals surface area contributed by atoms with Gasteiger partial charge in [-0.2, -0.15) is 0 Å². The van der Waals surface area contributed by atoms with Gasteiger partial charge in [-0.05, 0) is 55.2 Å². The molecule has 0 bridgehead atoms. The van der Waals surface area contributed by atoms with Gasteiger partial charge in [0.15, 0.2) is 11.5 Å². The molecule has 0 heterocycles. The molecule has 3 unspecified atom stereocenters. The van der Waals surface area contributed by atoms with Gasteiger partial charge >= 0.3 is 24.2 Å². The molecule has 0 saturated heterocycles. The molecule has 0 saturated carbocycles. The lowest BCUT2D eigenvalue weighted by Gasteiger charge is -2.24. The van der Waals surface area contributed by atoms with Crippen molar-refractivity contribution in [3.8, 4) is 11.5 Å². The molecule has 11 heteroatoms. The maximum absolute atomic E-state index is 12.7. The molecule has 238 valence electrons. The molecule has 1 aromatic rings. The second kappa shape index (κ2) is 17.6. The van der Waals surface area contributed by atoms with Crippen molar-refractivity contribution in [3.05, 3.63) is 23.8 Å². The Morgan fingerprint density at radius 1 is 0.786 bits per heavy atom. The third-order valence-electron chi connectivity index (χ3n) is 6.47. The number of carbonyl (C=O) groups excluding carboxylic acids is 4. The first-order valence-electron chi connectivity index (χ1n) is 14.5. The highest BCUT2D eigenvalue weighted by Crippen LogP contribution is 2.30. The van der Waals surface area contributed by atoms with Crippen LogP contribution in [0.1, 0.15) is 87.1 Å². The van der Waals surface area contributed by atoms with Gasteiger partial charge in [-0.15, -0.1) is 0 Å². The molecule has 1 rings (SSSR count). The minimum absolute atomic E-state index is 0.0146. The number of esters is 2. The van der Waals surface area contributed by atoms with E-state index in [2.05, 4.69) is 0 Å². The van der Waals surface area contributed by atoms with Gasteiger partial charge in [-0.3, -0.25) is 9.59 Å². The van der Waals surface area contributed by atoms with Gasteiger partial charge in [0.05, 0.1) is 19.6 Å². The smallest absolute Gasteiger partial charge is 0.459 e. The molecule has 0 aliphatic heterocycles. The van der Waals surface area contributed by atoms with Crippen molar-refractivity contribution in [2.45, 2.75) is 106 Å². The van der Waals surface area contributed by atoms with Crippen molar-refractivity contribution in [2.75, 3.05) is 13.2 Å². The van der Waals surface area contributed by atoms with E-state index in [-0.39, 0.29) is 60.8 Å². The molecule has 42 heavy (non-hydrogen) atoms. The highest BCUT2D eigenvalue weighted by atomic mass is 16.7. The summed E-state index contributed by atoms with van der Waals surface area (Å²) >= 11 is 0. The minimum Gasteiger partial charge on any atom is -0.459 e. The summed E-state index contributed by atoms with van der Waals surface area (Å²) in [6, 6.07) is 3.33. The molecule has 0 spiro atoms. The Morgan fingerprint density at radius 3 is 1.79 bits per heavy atom. The van der Waals surface area contributed by atoms with Crippen LogP contribution in [0.4, 0.5) is 9.59 Å². The summed E-state index contributed by atoms with van der Waals surface area (Å²) in [5.74, 6) is -0.978. The van der Waals surface area contributed by atoms with Crippen LogP contribution >= 0.6 is 0 Å². The highest BCUT2D eigenvalue weighted by molar-refractivity contribution is 5.76. The van der Waals surface area contributed by atoms with Gasteiger partial charge in [0.1, 0.15) is 18.2 Å². The lowest BCUT2D eigenvalue weighted by molar-refractivity contribution is -0.167. The average molecular weight is 596 g/mol. The highest BCUT2D eigenvalue weighted by Gasteiger charge is 2.26. The van der Waals surface area contributed by atoms with E-state index >= 15 is 0 Å². The zero-order valence-corrected chi connectivity index (χ0v) is 26.5. The van der Waals surface area contributed by atoms with Gasteiger partial charge in [-0.25, -0.2) is 9.59 Å².